The van der Waals surface area contributed by atoms with Gasteiger partial charge >= 0.3 is 0 Å². The summed E-state index contributed by atoms with van der Waals surface area (Å²) in [5.41, 5.74) is 1.46. The van der Waals surface area contributed by atoms with Gasteiger partial charge in [-0.1, -0.05) is 25.2 Å². The molecule has 0 aromatic heterocycles. The highest BCUT2D eigenvalue weighted by Crippen LogP contribution is 2.25. The number of fused-ring (bicyclic) bond motifs is 1. The number of allylic oxidation sites excluding steroid dienone is 1. The van der Waals surface area contributed by atoms with Crippen molar-refractivity contribution in [3.05, 3.63) is 23.8 Å². The Hall–Kier alpha value is -0.600. The van der Waals surface area contributed by atoms with Crippen LogP contribution in [0.15, 0.2) is 23.8 Å². The molecule has 0 spiro atoms. The van der Waals surface area contributed by atoms with Gasteiger partial charge in [0, 0.05) is 12.6 Å². The van der Waals surface area contributed by atoms with Crippen molar-refractivity contribution < 1.29 is 5.11 Å². The van der Waals surface area contributed by atoms with E-state index in [0.29, 0.717) is 12.0 Å². The zero-order chi connectivity index (χ0) is 12.3. The van der Waals surface area contributed by atoms with Crippen LogP contribution in [-0.2, 0) is 0 Å². The first kappa shape index (κ1) is 12.8. The van der Waals surface area contributed by atoms with E-state index in [-0.39, 0.29) is 6.10 Å². The molecule has 2 heterocycles. The molecular weight excluding hydrogens is 210 g/mol. The van der Waals surface area contributed by atoms with Crippen molar-refractivity contribution in [2.45, 2.75) is 51.7 Å². The summed E-state index contributed by atoms with van der Waals surface area (Å²) in [4.78, 5) is 2.58. The summed E-state index contributed by atoms with van der Waals surface area (Å²) in [5, 5.41) is 9.29. The number of hydrogen-bond donors (Lipinski definition) is 1. The van der Waals surface area contributed by atoms with Crippen LogP contribution in [0, 0.1) is 5.92 Å². The van der Waals surface area contributed by atoms with Gasteiger partial charge in [-0.25, -0.2) is 0 Å². The van der Waals surface area contributed by atoms with Gasteiger partial charge in [0.2, 0.25) is 0 Å². The van der Waals surface area contributed by atoms with E-state index in [1.54, 1.807) is 0 Å². The summed E-state index contributed by atoms with van der Waals surface area (Å²) in [5.74, 6) is 0.573. The Labute approximate surface area is 105 Å². The van der Waals surface area contributed by atoms with Gasteiger partial charge in [-0.2, -0.15) is 0 Å². The summed E-state index contributed by atoms with van der Waals surface area (Å²) < 4.78 is 0. The van der Waals surface area contributed by atoms with Crippen LogP contribution in [0.5, 0.6) is 0 Å². The molecule has 0 aromatic rings. The third kappa shape index (κ3) is 3.68. The Morgan fingerprint density at radius 1 is 1.47 bits per heavy atom. The van der Waals surface area contributed by atoms with Gasteiger partial charge in [0.25, 0.3) is 0 Å². The number of aliphatic hydroxyl groups excluding tert-OH is 1. The monoisotopic (exact) mass is 235 g/mol. The van der Waals surface area contributed by atoms with Crippen LogP contribution in [0.25, 0.3) is 0 Å². The molecule has 0 saturated carbocycles. The summed E-state index contributed by atoms with van der Waals surface area (Å²) in [7, 11) is 0. The Bertz CT molecular complexity index is 306. The maximum absolute atomic E-state index is 9.29. The maximum Gasteiger partial charge on any atom is 0.0512 e. The highest BCUT2D eigenvalue weighted by Gasteiger charge is 2.25. The fraction of sp³-hybridized carbons (Fsp3) is 0.733. The van der Waals surface area contributed by atoms with Gasteiger partial charge in [0.05, 0.1) is 6.10 Å². The normalized spacial score (nSPS) is 30.5. The summed E-state index contributed by atoms with van der Waals surface area (Å²) in [6, 6.07) is 0.708. The first-order valence-electron chi connectivity index (χ1n) is 6.96. The zero-order valence-electron chi connectivity index (χ0n) is 11.1. The maximum atomic E-state index is 9.29. The van der Waals surface area contributed by atoms with Crippen molar-refractivity contribution >= 4 is 0 Å². The van der Waals surface area contributed by atoms with E-state index in [1.807, 2.05) is 6.92 Å². The second kappa shape index (κ2) is 5.83. The molecule has 0 unspecified atom stereocenters. The molecule has 0 aromatic carbocycles. The SMILES string of the molecule is C[C@H](O)CC[C@@H](C)/C=C1\C=C[C@@H]2CCCN2C1. The summed E-state index contributed by atoms with van der Waals surface area (Å²) >= 11 is 0. The number of rotatable bonds is 4. The van der Waals surface area contributed by atoms with Crippen LogP contribution in [0.3, 0.4) is 0 Å². The molecule has 96 valence electrons. The van der Waals surface area contributed by atoms with Gasteiger partial charge in [-0.3, -0.25) is 4.90 Å². The summed E-state index contributed by atoms with van der Waals surface area (Å²) in [6.45, 7) is 6.50. The topological polar surface area (TPSA) is 23.5 Å². The van der Waals surface area contributed by atoms with E-state index < -0.39 is 0 Å². The van der Waals surface area contributed by atoms with Crippen LogP contribution < -0.4 is 0 Å². The standard InChI is InChI=1S/C15H25NO/c1-12(5-6-13(2)17)10-14-7-8-15-4-3-9-16(15)11-14/h7-8,10,12-13,15,17H,3-6,9,11H2,1-2H3/b14-10+/t12-,13+,15+/m1/s1. The largest absolute Gasteiger partial charge is 0.393 e. The van der Waals surface area contributed by atoms with Crippen molar-refractivity contribution in [1.82, 2.24) is 4.90 Å². The van der Waals surface area contributed by atoms with E-state index in [1.165, 1.54) is 25.0 Å². The van der Waals surface area contributed by atoms with E-state index >= 15 is 0 Å². The number of nitrogens with zero attached hydrogens (tertiary/aromatic N) is 1. The lowest BCUT2D eigenvalue weighted by Gasteiger charge is -2.27. The Balaban J connectivity index is 1.87. The predicted molar refractivity (Wildman–Crippen MR) is 71.9 cm³/mol. The Morgan fingerprint density at radius 2 is 2.29 bits per heavy atom. The second-order valence-electron chi connectivity index (χ2n) is 5.68. The Kier molecular flexibility index (Phi) is 4.41. The molecule has 1 N–H and O–H groups in total. The molecule has 0 aliphatic carbocycles. The van der Waals surface area contributed by atoms with Crippen LogP contribution in [-0.4, -0.2) is 35.2 Å². The van der Waals surface area contributed by atoms with Gasteiger partial charge in [0.1, 0.15) is 0 Å². The highest BCUT2D eigenvalue weighted by molar-refractivity contribution is 5.27. The van der Waals surface area contributed by atoms with Crippen molar-refractivity contribution in [2.75, 3.05) is 13.1 Å². The van der Waals surface area contributed by atoms with Gasteiger partial charge < -0.3 is 5.11 Å². The van der Waals surface area contributed by atoms with Crippen LogP contribution in [0.4, 0.5) is 0 Å². The van der Waals surface area contributed by atoms with Gasteiger partial charge in [-0.05, 0) is 50.6 Å². The fourth-order valence-corrected chi connectivity index (χ4v) is 2.85. The van der Waals surface area contributed by atoms with Crippen molar-refractivity contribution in [1.29, 1.82) is 0 Å². The van der Waals surface area contributed by atoms with Crippen molar-refractivity contribution in [3.8, 4) is 0 Å². The molecule has 2 aliphatic heterocycles. The van der Waals surface area contributed by atoms with E-state index in [4.69, 9.17) is 0 Å². The van der Waals surface area contributed by atoms with Gasteiger partial charge in [-0.15, -0.1) is 0 Å². The molecule has 2 heteroatoms. The average molecular weight is 235 g/mol. The number of aliphatic hydroxyl groups is 1. The predicted octanol–water partition coefficient (Wildman–Crippen LogP) is 2.74. The molecule has 2 nitrogen and oxygen atoms in total. The number of hydrogen-bond acceptors (Lipinski definition) is 2. The summed E-state index contributed by atoms with van der Waals surface area (Å²) in [6.07, 6.45) is 11.6. The molecule has 0 amide bonds. The Morgan fingerprint density at radius 3 is 3.06 bits per heavy atom. The zero-order valence-corrected chi connectivity index (χ0v) is 11.1. The van der Waals surface area contributed by atoms with Gasteiger partial charge in [0.15, 0.2) is 0 Å². The van der Waals surface area contributed by atoms with E-state index in [2.05, 4.69) is 30.1 Å². The lowest BCUT2D eigenvalue weighted by molar-refractivity contribution is 0.177. The molecule has 2 aliphatic rings. The average Bonchev–Trinajstić information content (AvgIpc) is 2.73. The molecule has 17 heavy (non-hydrogen) atoms. The van der Waals surface area contributed by atoms with E-state index in [9.17, 15) is 5.11 Å². The first-order valence-corrected chi connectivity index (χ1v) is 6.96. The van der Waals surface area contributed by atoms with Crippen LogP contribution in [0.1, 0.15) is 39.5 Å². The van der Waals surface area contributed by atoms with E-state index in [0.717, 1.165) is 19.4 Å². The molecular formula is C15H25NO. The molecule has 0 radical (unpaired) electrons. The minimum absolute atomic E-state index is 0.166. The molecule has 3 atom stereocenters. The molecule has 2 rings (SSSR count). The highest BCUT2D eigenvalue weighted by atomic mass is 16.3. The van der Waals surface area contributed by atoms with Crippen LogP contribution in [0.2, 0.25) is 0 Å². The lowest BCUT2D eigenvalue weighted by atomic mass is 9.98. The van der Waals surface area contributed by atoms with Crippen LogP contribution >= 0.6 is 0 Å². The quantitative estimate of drug-likeness (QED) is 0.810. The lowest BCUT2D eigenvalue weighted by Crippen LogP contribution is -2.32. The minimum atomic E-state index is -0.166. The van der Waals surface area contributed by atoms with Crippen molar-refractivity contribution in [2.24, 2.45) is 5.92 Å². The smallest absolute Gasteiger partial charge is 0.0512 e. The molecule has 1 saturated heterocycles. The third-order valence-corrected chi connectivity index (χ3v) is 3.87. The molecule has 1 fully saturated rings. The second-order valence-corrected chi connectivity index (χ2v) is 5.68. The first-order chi connectivity index (χ1) is 8.15. The minimum Gasteiger partial charge on any atom is -0.393 e. The third-order valence-electron chi connectivity index (χ3n) is 3.87. The van der Waals surface area contributed by atoms with Crippen molar-refractivity contribution in [3.63, 3.8) is 0 Å². The molecule has 0 bridgehead atoms. The fourth-order valence-electron chi connectivity index (χ4n) is 2.85.